The molecule has 2 aliphatic heterocycles. The van der Waals surface area contributed by atoms with E-state index < -0.39 is 0 Å². The van der Waals surface area contributed by atoms with Crippen molar-refractivity contribution < 1.29 is 4.79 Å². The first-order valence-corrected chi connectivity index (χ1v) is 8.48. The van der Waals surface area contributed by atoms with Crippen molar-refractivity contribution >= 4 is 23.3 Å². The Balaban J connectivity index is 1.67. The highest BCUT2D eigenvalue weighted by atomic mass is 16.1. The molecule has 4 heterocycles. The number of nitrogens with one attached hydrogen (secondary N) is 1. The van der Waals surface area contributed by atoms with E-state index in [-0.39, 0.29) is 5.41 Å². The Morgan fingerprint density at radius 1 is 1.35 bits per heavy atom. The largest absolute Gasteiger partial charge is 0.355 e. The number of carbonyl (C=O) groups excluding carboxylic acids is 1. The first-order chi connectivity index (χ1) is 11.3. The van der Waals surface area contributed by atoms with Gasteiger partial charge in [-0.15, -0.1) is 0 Å². The number of amides is 1. The van der Waals surface area contributed by atoms with Gasteiger partial charge in [0, 0.05) is 37.8 Å². The summed E-state index contributed by atoms with van der Waals surface area (Å²) < 4.78 is 0. The summed E-state index contributed by atoms with van der Waals surface area (Å²) in [4.78, 5) is 27.6. The molecule has 2 saturated heterocycles. The molecule has 1 amide bonds. The van der Waals surface area contributed by atoms with Crippen LogP contribution in [0.3, 0.4) is 0 Å². The van der Waals surface area contributed by atoms with Crippen LogP contribution in [0.2, 0.25) is 0 Å². The maximum Gasteiger partial charge on any atom is 0.209 e. The molecule has 0 aromatic carbocycles. The van der Waals surface area contributed by atoms with E-state index in [0.29, 0.717) is 5.92 Å². The van der Waals surface area contributed by atoms with Gasteiger partial charge in [0.05, 0.1) is 5.39 Å². The molecule has 2 aliphatic rings. The number of aromatic amines is 1. The van der Waals surface area contributed by atoms with Crippen LogP contribution in [0.25, 0.3) is 11.0 Å². The van der Waals surface area contributed by atoms with Crippen molar-refractivity contribution in [1.29, 1.82) is 0 Å². The summed E-state index contributed by atoms with van der Waals surface area (Å²) in [5, 5.41) is 1.08. The maximum absolute atomic E-state index is 11.3. The summed E-state index contributed by atoms with van der Waals surface area (Å²) >= 11 is 0. The standard InChI is InChI=1S/C17H23N5O/c1-2-17-9-21(12-23)7-4-13(17)5-8-22(10-17)16-14-3-6-18-15(14)19-11-20-16/h3,6,11-13H,2,4-5,7-10H2,1H3,(H,18,19,20)/t13-,17+/m0/s1. The highest BCUT2D eigenvalue weighted by Gasteiger charge is 2.46. The van der Waals surface area contributed by atoms with Crippen molar-refractivity contribution in [3.63, 3.8) is 0 Å². The maximum atomic E-state index is 11.3. The molecule has 6 heteroatoms. The summed E-state index contributed by atoms with van der Waals surface area (Å²) in [6, 6.07) is 2.05. The number of piperidine rings is 2. The van der Waals surface area contributed by atoms with Crippen LogP contribution in [0.5, 0.6) is 0 Å². The molecule has 4 rings (SSSR count). The van der Waals surface area contributed by atoms with Crippen molar-refractivity contribution in [3.05, 3.63) is 18.6 Å². The molecule has 122 valence electrons. The molecule has 0 saturated carbocycles. The summed E-state index contributed by atoms with van der Waals surface area (Å²) in [7, 11) is 0. The molecule has 1 N–H and O–H groups in total. The van der Waals surface area contributed by atoms with Crippen LogP contribution in [0, 0.1) is 11.3 Å². The van der Waals surface area contributed by atoms with Crippen molar-refractivity contribution in [2.45, 2.75) is 26.2 Å². The molecule has 0 radical (unpaired) electrons. The molecule has 2 aromatic heterocycles. The zero-order chi connectivity index (χ0) is 15.9. The van der Waals surface area contributed by atoms with Gasteiger partial charge >= 0.3 is 0 Å². The average Bonchev–Trinajstić information content (AvgIpc) is 3.09. The molecule has 0 spiro atoms. The van der Waals surface area contributed by atoms with Crippen LogP contribution in [-0.4, -0.2) is 52.4 Å². The fourth-order valence-corrected chi connectivity index (χ4v) is 4.53. The number of carbonyl (C=O) groups is 1. The normalized spacial score (nSPS) is 28.0. The molecular weight excluding hydrogens is 290 g/mol. The van der Waals surface area contributed by atoms with E-state index in [1.54, 1.807) is 6.33 Å². The van der Waals surface area contributed by atoms with Crippen molar-refractivity contribution in [3.8, 4) is 0 Å². The molecule has 2 fully saturated rings. The van der Waals surface area contributed by atoms with Crippen LogP contribution >= 0.6 is 0 Å². The van der Waals surface area contributed by atoms with Gasteiger partial charge in [-0.05, 0) is 31.2 Å². The van der Waals surface area contributed by atoms with Gasteiger partial charge in [-0.1, -0.05) is 6.92 Å². The summed E-state index contributed by atoms with van der Waals surface area (Å²) in [6.45, 7) is 6.04. The van der Waals surface area contributed by atoms with Crippen molar-refractivity contribution in [2.24, 2.45) is 11.3 Å². The lowest BCUT2D eigenvalue weighted by molar-refractivity contribution is -0.123. The highest BCUT2D eigenvalue weighted by Crippen LogP contribution is 2.45. The summed E-state index contributed by atoms with van der Waals surface area (Å²) in [5.74, 6) is 1.73. The first-order valence-electron chi connectivity index (χ1n) is 8.48. The minimum atomic E-state index is 0.186. The average molecular weight is 313 g/mol. The predicted molar refractivity (Wildman–Crippen MR) is 89.2 cm³/mol. The third kappa shape index (κ3) is 2.28. The van der Waals surface area contributed by atoms with Gasteiger partial charge in [-0.2, -0.15) is 0 Å². The summed E-state index contributed by atoms with van der Waals surface area (Å²) in [6.07, 6.45) is 7.97. The third-order valence-corrected chi connectivity index (χ3v) is 5.89. The van der Waals surface area contributed by atoms with Crippen molar-refractivity contribution in [1.82, 2.24) is 19.9 Å². The van der Waals surface area contributed by atoms with Gasteiger partial charge in [0.1, 0.15) is 17.8 Å². The smallest absolute Gasteiger partial charge is 0.209 e. The van der Waals surface area contributed by atoms with E-state index in [1.807, 2.05) is 17.2 Å². The lowest BCUT2D eigenvalue weighted by Gasteiger charge is -2.53. The van der Waals surface area contributed by atoms with E-state index in [2.05, 4.69) is 26.8 Å². The van der Waals surface area contributed by atoms with E-state index in [1.165, 1.54) is 6.42 Å². The van der Waals surface area contributed by atoms with E-state index in [9.17, 15) is 4.79 Å². The fourth-order valence-electron chi connectivity index (χ4n) is 4.53. The predicted octanol–water partition coefficient (Wildman–Crippen LogP) is 2.04. The van der Waals surface area contributed by atoms with Gasteiger partial charge in [0.15, 0.2) is 0 Å². The number of fused-ring (bicyclic) bond motifs is 2. The van der Waals surface area contributed by atoms with Gasteiger partial charge in [0.2, 0.25) is 6.41 Å². The number of anilines is 1. The topological polar surface area (TPSA) is 65.1 Å². The quantitative estimate of drug-likeness (QED) is 0.881. The number of H-pyrrole nitrogens is 1. The molecule has 2 atom stereocenters. The molecule has 0 aliphatic carbocycles. The Morgan fingerprint density at radius 2 is 2.22 bits per heavy atom. The minimum absolute atomic E-state index is 0.186. The van der Waals surface area contributed by atoms with Crippen LogP contribution < -0.4 is 4.90 Å². The molecule has 0 bridgehead atoms. The molecular formula is C17H23N5O. The zero-order valence-corrected chi connectivity index (χ0v) is 13.5. The van der Waals surface area contributed by atoms with Gasteiger partial charge in [-0.25, -0.2) is 9.97 Å². The Morgan fingerprint density at radius 3 is 3.04 bits per heavy atom. The third-order valence-electron chi connectivity index (χ3n) is 5.89. The van der Waals surface area contributed by atoms with Crippen LogP contribution in [-0.2, 0) is 4.79 Å². The van der Waals surface area contributed by atoms with Gasteiger partial charge in [-0.3, -0.25) is 4.79 Å². The number of hydrogen-bond donors (Lipinski definition) is 1. The minimum Gasteiger partial charge on any atom is -0.355 e. The monoisotopic (exact) mass is 313 g/mol. The number of hydrogen-bond acceptors (Lipinski definition) is 4. The van der Waals surface area contributed by atoms with Crippen LogP contribution in [0.1, 0.15) is 26.2 Å². The lowest BCUT2D eigenvalue weighted by Crippen LogP contribution is -2.57. The number of rotatable bonds is 3. The Kier molecular flexibility index (Phi) is 3.47. The van der Waals surface area contributed by atoms with Crippen molar-refractivity contribution in [2.75, 3.05) is 31.1 Å². The molecule has 0 unspecified atom stereocenters. The fraction of sp³-hybridized carbons (Fsp3) is 0.588. The Hall–Kier alpha value is -2.11. The van der Waals surface area contributed by atoms with Gasteiger partial charge in [0.25, 0.3) is 0 Å². The Bertz CT molecular complexity index is 714. The lowest BCUT2D eigenvalue weighted by atomic mass is 9.65. The summed E-state index contributed by atoms with van der Waals surface area (Å²) in [5.41, 5.74) is 1.08. The van der Waals surface area contributed by atoms with Crippen LogP contribution in [0.15, 0.2) is 18.6 Å². The van der Waals surface area contributed by atoms with Crippen LogP contribution in [0.4, 0.5) is 5.82 Å². The second-order valence-electron chi connectivity index (χ2n) is 6.92. The molecule has 6 nitrogen and oxygen atoms in total. The number of aromatic nitrogens is 3. The highest BCUT2D eigenvalue weighted by molar-refractivity contribution is 5.87. The van der Waals surface area contributed by atoms with E-state index >= 15 is 0 Å². The molecule has 2 aromatic rings. The van der Waals surface area contributed by atoms with Gasteiger partial charge < -0.3 is 14.8 Å². The first kappa shape index (κ1) is 14.5. The van der Waals surface area contributed by atoms with E-state index in [4.69, 9.17) is 0 Å². The molecule has 23 heavy (non-hydrogen) atoms. The Labute approximate surface area is 135 Å². The SMILES string of the molecule is CC[C@]12CN(C=O)CC[C@H]1CCN(c1ncnc3[nH]ccc13)C2. The second-order valence-corrected chi connectivity index (χ2v) is 6.92. The number of nitrogens with zero attached hydrogens (tertiary/aromatic N) is 4. The zero-order valence-electron chi connectivity index (χ0n) is 13.5. The second kappa shape index (κ2) is 5.51. The van der Waals surface area contributed by atoms with E-state index in [0.717, 1.165) is 62.3 Å². The number of likely N-dealkylation sites (tertiary alicyclic amines) is 1.